The molecular formula is C24H36N6O2. The van der Waals surface area contributed by atoms with Crippen LogP contribution in [0.25, 0.3) is 0 Å². The number of aromatic nitrogens is 4. The first-order chi connectivity index (χ1) is 15.3. The van der Waals surface area contributed by atoms with Crippen LogP contribution in [-0.4, -0.2) is 43.0 Å². The van der Waals surface area contributed by atoms with Crippen LogP contribution in [0.15, 0.2) is 12.1 Å². The Morgan fingerprint density at radius 2 is 1.94 bits per heavy atom. The third-order valence-electron chi connectivity index (χ3n) is 7.44. The first-order valence-electron chi connectivity index (χ1n) is 12.2. The predicted octanol–water partition coefficient (Wildman–Crippen LogP) is 4.56. The number of aryl methyl sites for hydroxylation is 1. The smallest absolute Gasteiger partial charge is 0.228 e. The molecule has 0 amide bonds. The topological polar surface area (TPSA) is 108 Å². The second-order valence-electron chi connectivity index (χ2n) is 10.7. The Hall–Kier alpha value is -2.35. The Bertz CT molecular complexity index is 936. The standard InChI is InChI=1S/C24H36N6O2/c1-14-8-16-10-17(13-24(3,31)12-16)22(14)28-23-26-19(25-20-9-15(2)29-30-20)11-21(27-23)32-18-6-4-5-7-18/h9,11,14,16-18,22,31H,4-8,10,12-13H2,1-3H3,(H3,25,26,27,28,29,30). The van der Waals surface area contributed by atoms with Gasteiger partial charge in [0.15, 0.2) is 5.82 Å². The van der Waals surface area contributed by atoms with E-state index in [2.05, 4.69) is 27.8 Å². The Kier molecular flexibility index (Phi) is 5.73. The summed E-state index contributed by atoms with van der Waals surface area (Å²) in [6, 6.07) is 4.04. The van der Waals surface area contributed by atoms with Crippen LogP contribution in [0.2, 0.25) is 0 Å². The molecule has 5 rings (SSSR count). The predicted molar refractivity (Wildman–Crippen MR) is 124 cm³/mol. The first-order valence-corrected chi connectivity index (χ1v) is 12.2. The van der Waals surface area contributed by atoms with Gasteiger partial charge in [0, 0.05) is 23.9 Å². The lowest BCUT2D eigenvalue weighted by Gasteiger charge is -2.49. The number of ether oxygens (including phenoxy) is 1. The molecule has 5 atom stereocenters. The number of H-pyrrole nitrogens is 1. The Labute approximate surface area is 190 Å². The summed E-state index contributed by atoms with van der Waals surface area (Å²) >= 11 is 0. The van der Waals surface area contributed by atoms with E-state index in [1.807, 2.05) is 26.0 Å². The number of anilines is 3. The number of hydrogen-bond donors (Lipinski definition) is 4. The molecule has 5 unspecified atom stereocenters. The van der Waals surface area contributed by atoms with Crippen LogP contribution < -0.4 is 15.4 Å². The van der Waals surface area contributed by atoms with Crippen molar-refractivity contribution in [3.63, 3.8) is 0 Å². The molecule has 3 saturated carbocycles. The summed E-state index contributed by atoms with van der Waals surface area (Å²) in [6.07, 6.45) is 8.82. The van der Waals surface area contributed by atoms with Crippen LogP contribution in [0.3, 0.4) is 0 Å². The van der Waals surface area contributed by atoms with Gasteiger partial charge in [-0.1, -0.05) is 6.92 Å². The van der Waals surface area contributed by atoms with Crippen molar-refractivity contribution in [1.29, 1.82) is 0 Å². The number of fused-ring (bicyclic) bond motifs is 2. The number of rotatable bonds is 6. The average Bonchev–Trinajstić information content (AvgIpc) is 3.35. The minimum atomic E-state index is -0.577. The number of nitrogens with one attached hydrogen (secondary N) is 3. The van der Waals surface area contributed by atoms with Crippen molar-refractivity contribution in [2.45, 2.75) is 89.9 Å². The highest BCUT2D eigenvalue weighted by Gasteiger charge is 2.45. The van der Waals surface area contributed by atoms with Gasteiger partial charge in [0.1, 0.15) is 11.9 Å². The van der Waals surface area contributed by atoms with Crippen molar-refractivity contribution < 1.29 is 9.84 Å². The van der Waals surface area contributed by atoms with Crippen molar-refractivity contribution in [2.75, 3.05) is 10.6 Å². The van der Waals surface area contributed by atoms with Gasteiger partial charge < -0.3 is 20.5 Å². The third kappa shape index (κ3) is 4.85. The Morgan fingerprint density at radius 3 is 2.69 bits per heavy atom. The third-order valence-corrected chi connectivity index (χ3v) is 7.44. The van der Waals surface area contributed by atoms with Crippen LogP contribution in [-0.2, 0) is 0 Å². The molecule has 174 valence electrons. The molecule has 0 radical (unpaired) electrons. The molecule has 8 heteroatoms. The molecule has 0 aliphatic heterocycles. The second-order valence-corrected chi connectivity index (χ2v) is 10.7. The minimum Gasteiger partial charge on any atom is -0.474 e. The summed E-state index contributed by atoms with van der Waals surface area (Å²) in [5.41, 5.74) is 0.407. The van der Waals surface area contributed by atoms with Crippen LogP contribution in [0, 0.1) is 24.7 Å². The van der Waals surface area contributed by atoms with E-state index in [-0.39, 0.29) is 12.1 Å². The molecule has 0 saturated heterocycles. The van der Waals surface area contributed by atoms with Crippen LogP contribution in [0.1, 0.15) is 70.9 Å². The maximum Gasteiger partial charge on any atom is 0.228 e. The molecule has 32 heavy (non-hydrogen) atoms. The van der Waals surface area contributed by atoms with Crippen molar-refractivity contribution >= 4 is 17.6 Å². The molecule has 0 spiro atoms. The quantitative estimate of drug-likeness (QED) is 0.521. The van der Waals surface area contributed by atoms with Gasteiger partial charge in [-0.05, 0) is 83.0 Å². The van der Waals surface area contributed by atoms with E-state index in [9.17, 15) is 5.11 Å². The summed E-state index contributed by atoms with van der Waals surface area (Å²) in [5.74, 6) is 4.09. The Morgan fingerprint density at radius 1 is 1.12 bits per heavy atom. The molecule has 0 aromatic carbocycles. The van der Waals surface area contributed by atoms with Crippen LogP contribution >= 0.6 is 0 Å². The summed E-state index contributed by atoms with van der Waals surface area (Å²) in [5, 5.41) is 24.9. The summed E-state index contributed by atoms with van der Waals surface area (Å²) in [7, 11) is 0. The van der Waals surface area contributed by atoms with Gasteiger partial charge in [-0.15, -0.1) is 0 Å². The summed E-state index contributed by atoms with van der Waals surface area (Å²) in [6.45, 7) is 6.26. The number of hydrogen-bond acceptors (Lipinski definition) is 7. The molecular weight excluding hydrogens is 404 g/mol. The molecule has 3 fully saturated rings. The zero-order chi connectivity index (χ0) is 22.3. The molecule has 4 N–H and O–H groups in total. The van der Waals surface area contributed by atoms with Gasteiger partial charge in [-0.2, -0.15) is 15.1 Å². The van der Waals surface area contributed by atoms with E-state index in [1.54, 1.807) is 0 Å². The fourth-order valence-corrected chi connectivity index (χ4v) is 6.27. The van der Waals surface area contributed by atoms with Gasteiger partial charge in [-0.25, -0.2) is 0 Å². The van der Waals surface area contributed by atoms with Crippen molar-refractivity contribution in [3.05, 3.63) is 17.8 Å². The fourth-order valence-electron chi connectivity index (χ4n) is 6.27. The highest BCUT2D eigenvalue weighted by molar-refractivity contribution is 5.55. The summed E-state index contributed by atoms with van der Waals surface area (Å²) in [4.78, 5) is 9.49. The highest BCUT2D eigenvalue weighted by Crippen LogP contribution is 2.47. The minimum absolute atomic E-state index is 0.223. The normalized spacial score (nSPS) is 32.6. The number of nitrogens with zero attached hydrogens (tertiary/aromatic N) is 3. The Balaban J connectivity index is 1.39. The van der Waals surface area contributed by atoms with Gasteiger partial charge in [-0.3, -0.25) is 5.10 Å². The molecule has 8 nitrogen and oxygen atoms in total. The van der Waals surface area contributed by atoms with Gasteiger partial charge in [0.2, 0.25) is 11.8 Å². The lowest BCUT2D eigenvalue weighted by atomic mass is 9.61. The molecule has 3 aliphatic carbocycles. The zero-order valence-corrected chi connectivity index (χ0v) is 19.4. The largest absolute Gasteiger partial charge is 0.474 e. The average molecular weight is 441 g/mol. The van der Waals surface area contributed by atoms with Crippen molar-refractivity contribution in [3.8, 4) is 5.88 Å². The lowest BCUT2D eigenvalue weighted by molar-refractivity contribution is -0.0502. The van der Waals surface area contributed by atoms with Crippen LogP contribution in [0.5, 0.6) is 5.88 Å². The maximum atomic E-state index is 10.8. The van der Waals surface area contributed by atoms with Crippen LogP contribution in [0.4, 0.5) is 17.6 Å². The number of aliphatic hydroxyl groups is 1. The highest BCUT2D eigenvalue weighted by atomic mass is 16.5. The molecule has 2 aromatic heterocycles. The van der Waals surface area contributed by atoms with E-state index in [0.29, 0.717) is 35.4 Å². The zero-order valence-electron chi connectivity index (χ0n) is 19.4. The maximum absolute atomic E-state index is 10.8. The van der Waals surface area contributed by atoms with E-state index in [4.69, 9.17) is 14.7 Å². The fraction of sp³-hybridized carbons (Fsp3) is 0.708. The van der Waals surface area contributed by atoms with E-state index < -0.39 is 5.60 Å². The second kappa shape index (κ2) is 8.54. The van der Waals surface area contributed by atoms with E-state index in [1.165, 1.54) is 12.8 Å². The van der Waals surface area contributed by atoms with Gasteiger partial charge in [0.05, 0.1) is 5.60 Å². The molecule has 2 bridgehead atoms. The molecule has 3 aliphatic rings. The SMILES string of the molecule is Cc1cc(Nc2cc(OC3CCCC3)nc(NC3C(C)CC4CC3CC(C)(O)C4)n2)n[nH]1. The van der Waals surface area contributed by atoms with E-state index >= 15 is 0 Å². The first kappa shape index (κ1) is 21.5. The van der Waals surface area contributed by atoms with Gasteiger partial charge in [0.25, 0.3) is 0 Å². The van der Waals surface area contributed by atoms with Gasteiger partial charge >= 0.3 is 0 Å². The summed E-state index contributed by atoms with van der Waals surface area (Å²) < 4.78 is 6.23. The van der Waals surface area contributed by atoms with Crippen molar-refractivity contribution in [2.24, 2.45) is 17.8 Å². The molecule has 2 aromatic rings. The van der Waals surface area contributed by atoms with E-state index in [0.717, 1.165) is 50.0 Å². The number of aromatic amines is 1. The molecule has 2 heterocycles. The van der Waals surface area contributed by atoms with Crippen molar-refractivity contribution in [1.82, 2.24) is 20.2 Å². The monoisotopic (exact) mass is 440 g/mol. The lowest BCUT2D eigenvalue weighted by Crippen LogP contribution is -2.50.